The number of para-hydroxylation sites is 1. The molecule has 1 aliphatic rings. The van der Waals surface area contributed by atoms with Gasteiger partial charge < -0.3 is 4.42 Å². The molecule has 0 fully saturated rings. The molecule has 11 aromatic rings. The first-order valence-corrected chi connectivity index (χ1v) is 20.9. The van der Waals surface area contributed by atoms with Crippen molar-refractivity contribution in [3.8, 4) is 67.3 Å². The fraction of sp³-hybridized carbons (Fsp3) is 0.0345. The van der Waals surface area contributed by atoms with Gasteiger partial charge in [-0.2, -0.15) is 0 Å². The molecule has 0 spiro atoms. The molecular weight excluding hydrogens is 741 g/mol. The second-order valence-corrected chi connectivity index (χ2v) is 16.2. The van der Waals surface area contributed by atoms with E-state index in [0.29, 0.717) is 5.82 Å². The second-order valence-electron chi connectivity index (χ2n) is 16.2. The summed E-state index contributed by atoms with van der Waals surface area (Å²) >= 11 is 0. The quantitative estimate of drug-likeness (QED) is 0.169. The van der Waals surface area contributed by atoms with E-state index in [9.17, 15) is 0 Å². The summed E-state index contributed by atoms with van der Waals surface area (Å²) in [6.07, 6.45) is 0. The summed E-state index contributed by atoms with van der Waals surface area (Å²) in [7, 11) is 0. The van der Waals surface area contributed by atoms with Crippen LogP contribution in [0.25, 0.3) is 100.0 Å². The van der Waals surface area contributed by atoms with Gasteiger partial charge in [-0.15, -0.1) is 0 Å². The Labute approximate surface area is 354 Å². The molecule has 9 aromatic carbocycles. The molecule has 0 aliphatic heterocycles. The Kier molecular flexibility index (Phi) is 7.98. The van der Waals surface area contributed by atoms with Crippen molar-refractivity contribution < 1.29 is 4.42 Å². The molecule has 2 aromatic heterocycles. The highest BCUT2D eigenvalue weighted by atomic mass is 16.3. The van der Waals surface area contributed by atoms with E-state index in [-0.39, 0.29) is 5.41 Å². The lowest BCUT2D eigenvalue weighted by Crippen LogP contribution is -2.22. The van der Waals surface area contributed by atoms with Crippen molar-refractivity contribution in [2.24, 2.45) is 0 Å². The Hall–Kier alpha value is -7.88. The molecule has 0 bridgehead atoms. The summed E-state index contributed by atoms with van der Waals surface area (Å²) in [5.74, 6) is 0.684. The van der Waals surface area contributed by atoms with Crippen LogP contribution in [-0.4, -0.2) is 9.97 Å². The monoisotopic (exact) mass is 778 g/mol. The average molecular weight is 779 g/mol. The number of fused-ring (bicyclic) bond motifs is 7. The van der Waals surface area contributed by atoms with E-state index in [4.69, 9.17) is 14.4 Å². The summed E-state index contributed by atoms with van der Waals surface area (Å²) < 4.78 is 6.42. The SMILES string of the molecule is CC1(c2ccccc2)c2ccccc2-c2c(-c3cc(-c4cc(-c5ccc6c(c5)oc5ccccc56)cc(-c5cccc6ccccc56)c4)nc(-c4ccccc4)n3)cccc21. The van der Waals surface area contributed by atoms with E-state index in [2.05, 4.69) is 201 Å². The molecule has 0 saturated heterocycles. The van der Waals surface area contributed by atoms with E-state index in [1.165, 1.54) is 44.2 Å². The Bertz CT molecular complexity index is 3490. The molecular formula is C58H38N2O. The van der Waals surface area contributed by atoms with Crippen molar-refractivity contribution in [3.05, 3.63) is 229 Å². The zero-order valence-corrected chi connectivity index (χ0v) is 33.5. The molecule has 1 aliphatic carbocycles. The smallest absolute Gasteiger partial charge is 0.160 e. The van der Waals surface area contributed by atoms with Crippen LogP contribution in [0.5, 0.6) is 0 Å². The summed E-state index contributed by atoms with van der Waals surface area (Å²) in [6.45, 7) is 2.36. The predicted molar refractivity (Wildman–Crippen MR) is 251 cm³/mol. The Morgan fingerprint density at radius 1 is 0.377 bits per heavy atom. The second kappa shape index (κ2) is 13.9. The third kappa shape index (κ3) is 5.66. The third-order valence-electron chi connectivity index (χ3n) is 12.8. The summed E-state index contributed by atoms with van der Waals surface area (Å²) in [5.41, 5.74) is 17.0. The first-order chi connectivity index (χ1) is 30.1. The van der Waals surface area contributed by atoms with Gasteiger partial charge in [0.1, 0.15) is 11.2 Å². The maximum atomic E-state index is 6.42. The van der Waals surface area contributed by atoms with Crippen LogP contribution in [0.1, 0.15) is 23.6 Å². The average Bonchev–Trinajstić information content (AvgIpc) is 3.84. The predicted octanol–water partition coefficient (Wildman–Crippen LogP) is 15.2. The van der Waals surface area contributed by atoms with E-state index < -0.39 is 0 Å². The zero-order chi connectivity index (χ0) is 40.5. The van der Waals surface area contributed by atoms with Gasteiger partial charge in [0.05, 0.1) is 11.4 Å². The fourth-order valence-corrected chi connectivity index (χ4v) is 9.77. The first kappa shape index (κ1) is 35.1. The molecule has 2 heterocycles. The van der Waals surface area contributed by atoms with Crippen LogP contribution >= 0.6 is 0 Å². The highest BCUT2D eigenvalue weighted by Gasteiger charge is 2.41. The minimum atomic E-state index is -0.329. The largest absolute Gasteiger partial charge is 0.456 e. The summed E-state index contributed by atoms with van der Waals surface area (Å²) in [5, 5.41) is 4.63. The number of aromatic nitrogens is 2. The van der Waals surface area contributed by atoms with Crippen molar-refractivity contribution in [3.63, 3.8) is 0 Å². The van der Waals surface area contributed by atoms with E-state index in [1.54, 1.807) is 0 Å². The molecule has 0 saturated carbocycles. The number of rotatable bonds is 6. The lowest BCUT2D eigenvalue weighted by atomic mass is 9.74. The van der Waals surface area contributed by atoms with E-state index in [1.807, 2.05) is 18.2 Å². The number of hydrogen-bond donors (Lipinski definition) is 0. The zero-order valence-electron chi connectivity index (χ0n) is 33.5. The highest BCUT2D eigenvalue weighted by Crippen LogP contribution is 2.55. The van der Waals surface area contributed by atoms with Gasteiger partial charge >= 0.3 is 0 Å². The number of nitrogens with zero attached hydrogens (tertiary/aromatic N) is 2. The molecule has 0 radical (unpaired) electrons. The molecule has 286 valence electrons. The van der Waals surface area contributed by atoms with Crippen LogP contribution < -0.4 is 0 Å². The third-order valence-corrected chi connectivity index (χ3v) is 12.8. The van der Waals surface area contributed by atoms with Crippen LogP contribution in [0.2, 0.25) is 0 Å². The molecule has 0 N–H and O–H groups in total. The highest BCUT2D eigenvalue weighted by molar-refractivity contribution is 6.06. The van der Waals surface area contributed by atoms with Crippen molar-refractivity contribution >= 4 is 32.7 Å². The van der Waals surface area contributed by atoms with Gasteiger partial charge in [-0.1, -0.05) is 170 Å². The molecule has 1 atom stereocenters. The summed E-state index contributed by atoms with van der Waals surface area (Å²) in [4.78, 5) is 10.8. The maximum Gasteiger partial charge on any atom is 0.160 e. The minimum absolute atomic E-state index is 0.329. The van der Waals surface area contributed by atoms with Crippen LogP contribution in [0.3, 0.4) is 0 Å². The van der Waals surface area contributed by atoms with Crippen LogP contribution in [0.4, 0.5) is 0 Å². The lowest BCUT2D eigenvalue weighted by molar-refractivity contribution is 0.669. The van der Waals surface area contributed by atoms with E-state index >= 15 is 0 Å². The number of furan rings is 1. The molecule has 0 amide bonds. The standard InChI is InChI=1S/C58H38N2O/c1-58(43-20-6-3-7-21-43)50-27-12-10-24-48(50)56-49(26-15-28-51(56)58)53-36-52(59-57(60-53)38-17-4-2-5-18-38)42-33-40(32-41(34-42)45-25-14-19-37-16-8-9-22-44(37)45)39-30-31-47-46-23-11-13-29-54(46)61-55(47)35-39/h2-36H,1H3. The van der Waals surface area contributed by atoms with Crippen molar-refractivity contribution in [2.75, 3.05) is 0 Å². The fourth-order valence-electron chi connectivity index (χ4n) is 9.77. The molecule has 12 rings (SSSR count). The van der Waals surface area contributed by atoms with Gasteiger partial charge in [-0.05, 0) is 110 Å². The number of benzene rings is 9. The van der Waals surface area contributed by atoms with Gasteiger partial charge in [0.2, 0.25) is 0 Å². The molecule has 61 heavy (non-hydrogen) atoms. The molecule has 3 heteroatoms. The molecule has 1 unspecified atom stereocenters. The lowest BCUT2D eigenvalue weighted by Gasteiger charge is -2.28. The molecule has 3 nitrogen and oxygen atoms in total. The normalized spacial score (nSPS) is 14.4. The van der Waals surface area contributed by atoms with Gasteiger partial charge in [0.15, 0.2) is 5.82 Å². The summed E-state index contributed by atoms with van der Waals surface area (Å²) in [6, 6.07) is 75.9. The van der Waals surface area contributed by atoms with Crippen LogP contribution in [0.15, 0.2) is 217 Å². The number of hydrogen-bond acceptors (Lipinski definition) is 3. The van der Waals surface area contributed by atoms with Crippen molar-refractivity contribution in [1.82, 2.24) is 9.97 Å². The van der Waals surface area contributed by atoms with Crippen LogP contribution in [0, 0.1) is 0 Å². The Morgan fingerprint density at radius 2 is 1.00 bits per heavy atom. The van der Waals surface area contributed by atoms with Gasteiger partial charge in [-0.25, -0.2) is 9.97 Å². The van der Waals surface area contributed by atoms with E-state index in [0.717, 1.165) is 66.7 Å². The first-order valence-electron chi connectivity index (χ1n) is 20.9. The van der Waals surface area contributed by atoms with Crippen molar-refractivity contribution in [1.29, 1.82) is 0 Å². The maximum absolute atomic E-state index is 6.42. The van der Waals surface area contributed by atoms with Gasteiger partial charge in [0.25, 0.3) is 0 Å². The topological polar surface area (TPSA) is 38.9 Å². The Balaban J connectivity index is 1.11. The van der Waals surface area contributed by atoms with Gasteiger partial charge in [-0.3, -0.25) is 0 Å². The van der Waals surface area contributed by atoms with Gasteiger partial charge in [0, 0.05) is 32.9 Å². The van der Waals surface area contributed by atoms with Crippen molar-refractivity contribution in [2.45, 2.75) is 12.3 Å². The minimum Gasteiger partial charge on any atom is -0.456 e. The van der Waals surface area contributed by atoms with Crippen LogP contribution in [-0.2, 0) is 5.41 Å². The Morgan fingerprint density at radius 3 is 1.89 bits per heavy atom.